The molecule has 0 spiro atoms. The van der Waals surface area contributed by atoms with Gasteiger partial charge in [0.15, 0.2) is 0 Å². The van der Waals surface area contributed by atoms with Crippen LogP contribution in [0.15, 0.2) is 18.2 Å². The number of para-hydroxylation sites is 1. The minimum absolute atomic E-state index is 0.424. The quantitative estimate of drug-likeness (QED) is 0.741. The van der Waals surface area contributed by atoms with Crippen molar-refractivity contribution in [1.29, 1.82) is 0 Å². The van der Waals surface area contributed by atoms with E-state index in [-0.39, 0.29) is 0 Å². The molecule has 0 saturated carbocycles. The molecule has 3 nitrogen and oxygen atoms in total. The standard InChI is InChI=1S/C15H18BrClN2O/c1-4-12-14(17)13(19(3)18-12)9-20-15-10(2)6-5-7-11(15)8-16/h5-7H,4,8-9H2,1-3H3. The van der Waals surface area contributed by atoms with Crippen LogP contribution in [-0.2, 0) is 25.4 Å². The van der Waals surface area contributed by atoms with E-state index in [1.54, 1.807) is 4.68 Å². The minimum atomic E-state index is 0.424. The van der Waals surface area contributed by atoms with Gasteiger partial charge >= 0.3 is 0 Å². The van der Waals surface area contributed by atoms with Gasteiger partial charge in [0.05, 0.1) is 16.4 Å². The molecule has 0 atom stereocenters. The van der Waals surface area contributed by atoms with Crippen LogP contribution in [-0.4, -0.2) is 9.78 Å². The van der Waals surface area contributed by atoms with Crippen molar-refractivity contribution in [3.63, 3.8) is 0 Å². The highest BCUT2D eigenvalue weighted by Crippen LogP contribution is 2.28. The van der Waals surface area contributed by atoms with Crippen molar-refractivity contribution >= 4 is 27.5 Å². The van der Waals surface area contributed by atoms with Gasteiger partial charge in [-0.1, -0.05) is 52.7 Å². The summed E-state index contributed by atoms with van der Waals surface area (Å²) in [7, 11) is 1.90. The third-order valence-electron chi connectivity index (χ3n) is 3.29. The summed E-state index contributed by atoms with van der Waals surface area (Å²) in [5, 5.41) is 5.88. The summed E-state index contributed by atoms with van der Waals surface area (Å²) in [6.45, 7) is 4.51. The maximum absolute atomic E-state index is 6.34. The highest BCUT2D eigenvalue weighted by Gasteiger charge is 2.14. The van der Waals surface area contributed by atoms with E-state index in [4.69, 9.17) is 16.3 Å². The van der Waals surface area contributed by atoms with Crippen LogP contribution >= 0.6 is 27.5 Å². The zero-order chi connectivity index (χ0) is 14.7. The van der Waals surface area contributed by atoms with E-state index in [9.17, 15) is 0 Å². The lowest BCUT2D eigenvalue weighted by Crippen LogP contribution is -2.05. The van der Waals surface area contributed by atoms with Crippen molar-refractivity contribution in [1.82, 2.24) is 9.78 Å². The van der Waals surface area contributed by atoms with Gasteiger partial charge in [-0.15, -0.1) is 0 Å². The van der Waals surface area contributed by atoms with E-state index in [1.807, 2.05) is 33.0 Å². The van der Waals surface area contributed by atoms with Crippen LogP contribution in [0, 0.1) is 6.92 Å². The molecule has 1 aromatic heterocycles. The van der Waals surface area contributed by atoms with Crippen LogP contribution in [0.3, 0.4) is 0 Å². The van der Waals surface area contributed by atoms with Crippen molar-refractivity contribution in [2.75, 3.05) is 0 Å². The Kier molecular flexibility index (Phi) is 5.11. The maximum atomic E-state index is 6.34. The van der Waals surface area contributed by atoms with Gasteiger partial charge in [0.25, 0.3) is 0 Å². The van der Waals surface area contributed by atoms with E-state index in [1.165, 1.54) is 0 Å². The number of hydrogen-bond donors (Lipinski definition) is 0. The van der Waals surface area contributed by atoms with Gasteiger partial charge in [-0.25, -0.2) is 0 Å². The first-order chi connectivity index (χ1) is 9.58. The molecule has 0 fully saturated rings. The lowest BCUT2D eigenvalue weighted by Gasteiger charge is -2.13. The number of rotatable bonds is 5. The molecule has 0 amide bonds. The molecule has 0 N–H and O–H groups in total. The summed E-state index contributed by atoms with van der Waals surface area (Å²) in [5.74, 6) is 0.916. The van der Waals surface area contributed by atoms with Crippen molar-refractivity contribution in [2.24, 2.45) is 7.05 Å². The Balaban J connectivity index is 2.23. The van der Waals surface area contributed by atoms with Gasteiger partial charge in [-0.05, 0) is 18.9 Å². The fourth-order valence-corrected chi connectivity index (χ4v) is 2.93. The third kappa shape index (κ3) is 3.01. The number of hydrogen-bond acceptors (Lipinski definition) is 2. The number of nitrogens with zero attached hydrogens (tertiary/aromatic N) is 2. The maximum Gasteiger partial charge on any atom is 0.131 e. The van der Waals surface area contributed by atoms with Crippen molar-refractivity contribution < 1.29 is 4.74 Å². The monoisotopic (exact) mass is 356 g/mol. The Morgan fingerprint density at radius 3 is 2.75 bits per heavy atom. The van der Waals surface area contributed by atoms with Gasteiger partial charge in [-0.3, -0.25) is 4.68 Å². The molecule has 0 aliphatic rings. The highest BCUT2D eigenvalue weighted by atomic mass is 79.9. The van der Waals surface area contributed by atoms with Gasteiger partial charge in [0.2, 0.25) is 0 Å². The molecule has 0 saturated heterocycles. The average molecular weight is 358 g/mol. The summed E-state index contributed by atoms with van der Waals surface area (Å²) < 4.78 is 7.79. The topological polar surface area (TPSA) is 27.1 Å². The fraction of sp³-hybridized carbons (Fsp3) is 0.400. The van der Waals surface area contributed by atoms with Crippen molar-refractivity contribution in [2.45, 2.75) is 32.2 Å². The molecule has 108 valence electrons. The lowest BCUT2D eigenvalue weighted by atomic mass is 10.1. The zero-order valence-corrected chi connectivity index (χ0v) is 14.3. The number of halogens is 2. The Morgan fingerprint density at radius 1 is 1.40 bits per heavy atom. The summed E-state index contributed by atoms with van der Waals surface area (Å²) in [4.78, 5) is 0. The second-order valence-corrected chi connectivity index (χ2v) is 5.61. The summed E-state index contributed by atoms with van der Waals surface area (Å²) in [5.41, 5.74) is 4.08. The number of alkyl halides is 1. The third-order valence-corrected chi connectivity index (χ3v) is 4.33. The van der Waals surface area contributed by atoms with Gasteiger partial charge in [0, 0.05) is 17.9 Å². The average Bonchev–Trinajstić information content (AvgIpc) is 2.72. The Morgan fingerprint density at radius 2 is 2.15 bits per heavy atom. The van der Waals surface area contributed by atoms with E-state index in [2.05, 4.69) is 27.1 Å². The minimum Gasteiger partial charge on any atom is -0.487 e. The Hall–Kier alpha value is -1.000. The van der Waals surface area contributed by atoms with Gasteiger partial charge < -0.3 is 4.74 Å². The molecule has 20 heavy (non-hydrogen) atoms. The van der Waals surface area contributed by atoms with E-state index in [0.717, 1.165) is 40.0 Å². The number of ether oxygens (including phenoxy) is 1. The van der Waals surface area contributed by atoms with Crippen LogP contribution in [0.2, 0.25) is 5.02 Å². The number of benzene rings is 1. The first-order valence-electron chi connectivity index (χ1n) is 6.56. The fourth-order valence-electron chi connectivity index (χ4n) is 2.14. The normalized spacial score (nSPS) is 10.8. The second-order valence-electron chi connectivity index (χ2n) is 4.67. The molecule has 5 heteroatoms. The molecule has 0 unspecified atom stereocenters. The Labute approximate surface area is 133 Å². The Bertz CT molecular complexity index is 610. The lowest BCUT2D eigenvalue weighted by molar-refractivity contribution is 0.291. The summed E-state index contributed by atoms with van der Waals surface area (Å²) in [6.07, 6.45) is 0.823. The zero-order valence-electron chi connectivity index (χ0n) is 11.9. The number of aryl methyl sites for hydroxylation is 3. The van der Waals surface area contributed by atoms with E-state index in [0.29, 0.717) is 11.6 Å². The molecular formula is C15H18BrClN2O. The smallest absolute Gasteiger partial charge is 0.131 e. The highest BCUT2D eigenvalue weighted by molar-refractivity contribution is 9.08. The van der Waals surface area contributed by atoms with Crippen LogP contribution < -0.4 is 4.74 Å². The predicted molar refractivity (Wildman–Crippen MR) is 85.7 cm³/mol. The summed E-state index contributed by atoms with van der Waals surface area (Å²) in [6, 6.07) is 6.13. The van der Waals surface area contributed by atoms with Gasteiger partial charge in [-0.2, -0.15) is 5.10 Å². The SMILES string of the molecule is CCc1nn(C)c(COc2c(C)cccc2CBr)c1Cl. The molecule has 1 aromatic carbocycles. The largest absolute Gasteiger partial charge is 0.487 e. The summed E-state index contributed by atoms with van der Waals surface area (Å²) >= 11 is 9.83. The molecule has 0 aliphatic carbocycles. The van der Waals surface area contributed by atoms with Crippen molar-refractivity contribution in [3.8, 4) is 5.75 Å². The van der Waals surface area contributed by atoms with Crippen LogP contribution in [0.25, 0.3) is 0 Å². The number of aromatic nitrogens is 2. The van der Waals surface area contributed by atoms with Crippen molar-refractivity contribution in [3.05, 3.63) is 45.7 Å². The van der Waals surface area contributed by atoms with Crippen LogP contribution in [0.1, 0.15) is 29.4 Å². The molecule has 0 bridgehead atoms. The molecule has 2 aromatic rings. The molecule has 1 heterocycles. The first kappa shape index (κ1) is 15.4. The predicted octanol–water partition coefficient (Wildman–Crippen LogP) is 4.42. The second kappa shape index (κ2) is 6.64. The van der Waals surface area contributed by atoms with Crippen LogP contribution in [0.4, 0.5) is 0 Å². The van der Waals surface area contributed by atoms with E-state index >= 15 is 0 Å². The van der Waals surface area contributed by atoms with Crippen LogP contribution in [0.5, 0.6) is 5.75 Å². The molecule has 0 aliphatic heterocycles. The first-order valence-corrected chi connectivity index (χ1v) is 8.05. The van der Waals surface area contributed by atoms with Gasteiger partial charge in [0.1, 0.15) is 12.4 Å². The van der Waals surface area contributed by atoms with E-state index < -0.39 is 0 Å². The molecular weight excluding hydrogens is 340 g/mol. The molecule has 2 rings (SSSR count). The molecule has 0 radical (unpaired) electrons.